The third kappa shape index (κ3) is 10.9. The quantitative estimate of drug-likeness (QED) is 0.256. The molecule has 0 aliphatic heterocycles. The lowest BCUT2D eigenvalue weighted by Gasteiger charge is -2.21. The molecule has 0 aromatic carbocycles. The molecule has 0 atom stereocenters. The van der Waals surface area contributed by atoms with E-state index in [1.807, 2.05) is 14.0 Å². The molecule has 134 valence electrons. The first-order valence-corrected chi connectivity index (χ1v) is 10.2. The zero-order chi connectivity index (χ0) is 16.4. The smallest absolute Gasteiger partial charge is 0.194 e. The molecular formula is C14H26IN3O3S2. The van der Waals surface area contributed by atoms with E-state index in [1.54, 1.807) is 11.3 Å². The molecule has 23 heavy (non-hydrogen) atoms. The van der Waals surface area contributed by atoms with E-state index >= 15 is 0 Å². The molecule has 0 spiro atoms. The predicted molar refractivity (Wildman–Crippen MR) is 108 cm³/mol. The third-order valence-electron chi connectivity index (χ3n) is 2.79. The summed E-state index contributed by atoms with van der Waals surface area (Å²) in [4.78, 5) is 6.55. The molecule has 0 unspecified atom stereocenters. The zero-order valence-corrected chi connectivity index (χ0v) is 17.8. The van der Waals surface area contributed by atoms with Crippen molar-refractivity contribution < 1.29 is 13.2 Å². The van der Waals surface area contributed by atoms with Crippen LogP contribution in [0.15, 0.2) is 21.8 Å². The lowest BCUT2D eigenvalue weighted by molar-refractivity contribution is 0.157. The number of sulfone groups is 1. The van der Waals surface area contributed by atoms with Crippen LogP contribution in [0.5, 0.6) is 0 Å². The molecule has 0 bridgehead atoms. The average molecular weight is 475 g/mol. The van der Waals surface area contributed by atoms with Crippen LogP contribution >= 0.6 is 35.3 Å². The van der Waals surface area contributed by atoms with Gasteiger partial charge < -0.3 is 15.0 Å². The van der Waals surface area contributed by atoms with E-state index in [2.05, 4.69) is 32.0 Å². The fourth-order valence-electron chi connectivity index (χ4n) is 1.73. The SMILES string of the molecule is CCNC(=NCCOCCS(C)(=O)=O)N(C)Cc1ccsc1.I. The second-order valence-electron chi connectivity index (χ2n) is 4.97. The molecule has 1 N–H and O–H groups in total. The highest BCUT2D eigenvalue weighted by Gasteiger charge is 2.06. The number of ether oxygens (including phenoxy) is 1. The molecule has 1 rings (SSSR count). The van der Waals surface area contributed by atoms with E-state index in [0.717, 1.165) is 19.0 Å². The van der Waals surface area contributed by atoms with E-state index in [-0.39, 0.29) is 36.3 Å². The lowest BCUT2D eigenvalue weighted by atomic mass is 10.3. The zero-order valence-electron chi connectivity index (χ0n) is 13.8. The molecule has 9 heteroatoms. The summed E-state index contributed by atoms with van der Waals surface area (Å²) in [5.41, 5.74) is 1.25. The number of hydrogen-bond donors (Lipinski definition) is 1. The molecule has 0 saturated carbocycles. The number of halogens is 1. The highest BCUT2D eigenvalue weighted by molar-refractivity contribution is 14.0. The first kappa shape index (κ1) is 22.6. The van der Waals surface area contributed by atoms with E-state index in [9.17, 15) is 8.42 Å². The Balaban J connectivity index is 0.00000484. The van der Waals surface area contributed by atoms with Gasteiger partial charge in [-0.15, -0.1) is 24.0 Å². The molecule has 0 amide bonds. The number of aliphatic imine (C=N–C) groups is 1. The van der Waals surface area contributed by atoms with Crippen molar-refractivity contribution >= 4 is 51.1 Å². The Morgan fingerprint density at radius 2 is 2.17 bits per heavy atom. The number of thiophene rings is 1. The fraction of sp³-hybridized carbons (Fsp3) is 0.643. The van der Waals surface area contributed by atoms with E-state index in [1.165, 1.54) is 11.8 Å². The third-order valence-corrected chi connectivity index (χ3v) is 4.43. The molecule has 0 radical (unpaired) electrons. The first-order chi connectivity index (χ1) is 10.4. The van der Waals surface area contributed by atoms with Crippen LogP contribution in [-0.2, 0) is 21.1 Å². The number of nitrogens with one attached hydrogen (secondary N) is 1. The van der Waals surface area contributed by atoms with E-state index < -0.39 is 9.84 Å². The number of guanidine groups is 1. The second-order valence-corrected chi connectivity index (χ2v) is 8.01. The number of hydrogen-bond acceptors (Lipinski definition) is 5. The van der Waals surface area contributed by atoms with Crippen molar-refractivity contribution in [2.45, 2.75) is 13.5 Å². The van der Waals surface area contributed by atoms with Gasteiger partial charge >= 0.3 is 0 Å². The Morgan fingerprint density at radius 3 is 2.74 bits per heavy atom. The van der Waals surface area contributed by atoms with Crippen molar-refractivity contribution in [3.63, 3.8) is 0 Å². The minimum atomic E-state index is -2.96. The minimum Gasteiger partial charge on any atom is -0.378 e. The van der Waals surface area contributed by atoms with Crippen LogP contribution in [0.4, 0.5) is 0 Å². The van der Waals surface area contributed by atoms with E-state index in [0.29, 0.717) is 13.2 Å². The largest absolute Gasteiger partial charge is 0.378 e. The summed E-state index contributed by atoms with van der Waals surface area (Å²) >= 11 is 1.68. The van der Waals surface area contributed by atoms with E-state index in [4.69, 9.17) is 4.74 Å². The molecule has 1 aromatic heterocycles. The predicted octanol–water partition coefficient (Wildman–Crippen LogP) is 1.82. The molecule has 6 nitrogen and oxygen atoms in total. The summed E-state index contributed by atoms with van der Waals surface area (Å²) in [6.45, 7) is 4.75. The maximum atomic E-state index is 11.0. The number of nitrogens with zero attached hydrogens (tertiary/aromatic N) is 2. The first-order valence-electron chi connectivity index (χ1n) is 7.18. The van der Waals surface area contributed by atoms with Gasteiger partial charge in [0.15, 0.2) is 5.96 Å². The van der Waals surface area contributed by atoms with Crippen LogP contribution in [0.25, 0.3) is 0 Å². The highest BCUT2D eigenvalue weighted by atomic mass is 127. The van der Waals surface area contributed by atoms with Crippen molar-refractivity contribution in [2.24, 2.45) is 4.99 Å². The van der Waals surface area contributed by atoms with Gasteiger partial charge in [0.2, 0.25) is 0 Å². The number of rotatable bonds is 9. The van der Waals surface area contributed by atoms with Crippen LogP contribution in [0.1, 0.15) is 12.5 Å². The van der Waals surface area contributed by atoms with Gasteiger partial charge in [-0.05, 0) is 29.3 Å². The topological polar surface area (TPSA) is 71.0 Å². The van der Waals surface area contributed by atoms with Crippen LogP contribution in [0, 0.1) is 0 Å². The summed E-state index contributed by atoms with van der Waals surface area (Å²) in [5, 5.41) is 7.42. The normalized spacial score (nSPS) is 11.9. The van der Waals surface area contributed by atoms with Gasteiger partial charge in [-0.2, -0.15) is 11.3 Å². The van der Waals surface area contributed by atoms with Crippen molar-refractivity contribution in [1.29, 1.82) is 0 Å². The molecular weight excluding hydrogens is 449 g/mol. The summed E-state index contributed by atoms with van der Waals surface area (Å²) in [6, 6.07) is 2.10. The van der Waals surface area contributed by atoms with Crippen molar-refractivity contribution in [2.75, 3.05) is 45.4 Å². The molecule has 1 aromatic rings. The second kappa shape index (κ2) is 12.0. The summed E-state index contributed by atoms with van der Waals surface area (Å²) < 4.78 is 27.2. The van der Waals surface area contributed by atoms with Crippen molar-refractivity contribution in [3.05, 3.63) is 22.4 Å². The average Bonchev–Trinajstić information content (AvgIpc) is 2.93. The highest BCUT2D eigenvalue weighted by Crippen LogP contribution is 2.08. The van der Waals surface area contributed by atoms with Gasteiger partial charge in [-0.25, -0.2) is 8.42 Å². The molecule has 0 aliphatic rings. The summed E-state index contributed by atoms with van der Waals surface area (Å²) in [5.74, 6) is 0.870. The lowest BCUT2D eigenvalue weighted by Crippen LogP contribution is -2.38. The summed E-state index contributed by atoms with van der Waals surface area (Å²) in [6.07, 6.45) is 1.21. The molecule has 0 aliphatic carbocycles. The van der Waals surface area contributed by atoms with Crippen molar-refractivity contribution in [3.8, 4) is 0 Å². The van der Waals surface area contributed by atoms with Crippen LogP contribution in [0.3, 0.4) is 0 Å². The van der Waals surface area contributed by atoms with Gasteiger partial charge in [-0.1, -0.05) is 0 Å². The summed E-state index contributed by atoms with van der Waals surface area (Å²) in [7, 11) is -0.969. The molecule has 0 saturated heterocycles. The maximum Gasteiger partial charge on any atom is 0.194 e. The molecule has 1 heterocycles. The van der Waals surface area contributed by atoms with Crippen molar-refractivity contribution in [1.82, 2.24) is 10.2 Å². The van der Waals surface area contributed by atoms with Gasteiger partial charge in [0.1, 0.15) is 9.84 Å². The standard InChI is InChI=1S/C14H25N3O3S2.HI/c1-4-15-14(17(2)11-13-5-9-21-12-13)16-6-7-20-8-10-22(3,18)19;/h5,9,12H,4,6-8,10-11H2,1-3H3,(H,15,16);1H. The Bertz CT molecular complexity index is 548. The minimum absolute atomic E-state index is 0. The monoisotopic (exact) mass is 475 g/mol. The molecule has 0 fully saturated rings. The van der Waals surface area contributed by atoms with Gasteiger partial charge in [0.25, 0.3) is 0 Å². The Hall–Kier alpha value is -0.390. The Morgan fingerprint density at radius 1 is 1.43 bits per heavy atom. The van der Waals surface area contributed by atoms with Gasteiger partial charge in [-0.3, -0.25) is 4.99 Å². The maximum absolute atomic E-state index is 11.0. The van der Waals surface area contributed by atoms with Crippen LogP contribution in [0.2, 0.25) is 0 Å². The Kier molecular flexibility index (Phi) is 11.8. The van der Waals surface area contributed by atoms with Crippen LogP contribution in [-0.4, -0.2) is 64.6 Å². The van der Waals surface area contributed by atoms with Gasteiger partial charge in [0, 0.05) is 26.4 Å². The fourth-order valence-corrected chi connectivity index (χ4v) is 2.81. The van der Waals surface area contributed by atoms with Gasteiger partial charge in [0.05, 0.1) is 25.5 Å². The van der Waals surface area contributed by atoms with Crippen LogP contribution < -0.4 is 5.32 Å². The Labute approximate surface area is 160 Å².